The van der Waals surface area contributed by atoms with Crippen molar-refractivity contribution in [3.63, 3.8) is 0 Å². The monoisotopic (exact) mass is 461 g/mol. The summed E-state index contributed by atoms with van der Waals surface area (Å²) in [5.41, 5.74) is 7.32. The van der Waals surface area contributed by atoms with Gasteiger partial charge in [0.05, 0.1) is 32.1 Å². The number of carbonyl (C=O) groups excluding carboxylic acids is 1. The number of morpholine rings is 1. The number of rotatable bonds is 7. The molecule has 0 saturated carbocycles. The van der Waals surface area contributed by atoms with Crippen LogP contribution in [0, 0.1) is 13.8 Å². The summed E-state index contributed by atoms with van der Waals surface area (Å²) in [5, 5.41) is 7.57. The maximum Gasteiger partial charge on any atom is 0.337 e. The van der Waals surface area contributed by atoms with Crippen molar-refractivity contribution in [2.45, 2.75) is 13.8 Å². The zero-order valence-electron chi connectivity index (χ0n) is 19.4. The van der Waals surface area contributed by atoms with Crippen LogP contribution < -0.4 is 15.6 Å². The quantitative estimate of drug-likeness (QED) is 0.311. The Bertz CT molecular complexity index is 1180. The molecule has 1 aliphatic heterocycles. The highest BCUT2D eigenvalue weighted by Crippen LogP contribution is 2.22. The van der Waals surface area contributed by atoms with Gasteiger partial charge in [0.25, 0.3) is 0 Å². The van der Waals surface area contributed by atoms with E-state index in [-0.39, 0.29) is 5.97 Å². The van der Waals surface area contributed by atoms with Crippen LogP contribution in [0.15, 0.2) is 47.6 Å². The Morgan fingerprint density at radius 3 is 2.53 bits per heavy atom. The van der Waals surface area contributed by atoms with Gasteiger partial charge in [-0.15, -0.1) is 0 Å². The van der Waals surface area contributed by atoms with E-state index >= 15 is 0 Å². The molecule has 2 N–H and O–H groups in total. The van der Waals surface area contributed by atoms with Crippen LogP contribution in [-0.4, -0.2) is 60.5 Å². The van der Waals surface area contributed by atoms with E-state index in [0.717, 1.165) is 22.4 Å². The van der Waals surface area contributed by atoms with Gasteiger partial charge in [0, 0.05) is 18.8 Å². The van der Waals surface area contributed by atoms with Gasteiger partial charge < -0.3 is 19.7 Å². The minimum absolute atomic E-state index is 0.312. The topological polar surface area (TPSA) is 114 Å². The number of nitrogens with zero attached hydrogens (tertiary/aromatic N) is 5. The van der Waals surface area contributed by atoms with Crippen LogP contribution in [0.1, 0.15) is 27.0 Å². The van der Waals surface area contributed by atoms with Crippen LogP contribution in [0.3, 0.4) is 0 Å². The van der Waals surface area contributed by atoms with Gasteiger partial charge in [-0.3, -0.25) is 0 Å². The second-order valence-corrected chi connectivity index (χ2v) is 7.81. The van der Waals surface area contributed by atoms with Gasteiger partial charge in [-0.05, 0) is 48.7 Å². The Kier molecular flexibility index (Phi) is 7.28. The molecule has 0 amide bonds. The van der Waals surface area contributed by atoms with Gasteiger partial charge in [0.1, 0.15) is 0 Å². The Labute approximate surface area is 198 Å². The van der Waals surface area contributed by atoms with E-state index in [1.165, 1.54) is 7.11 Å². The van der Waals surface area contributed by atoms with Gasteiger partial charge >= 0.3 is 5.97 Å². The molecule has 10 heteroatoms. The molecule has 176 valence electrons. The smallest absolute Gasteiger partial charge is 0.337 e. The van der Waals surface area contributed by atoms with Crippen LogP contribution in [-0.2, 0) is 9.47 Å². The summed E-state index contributed by atoms with van der Waals surface area (Å²) in [6.45, 7) is 6.70. The summed E-state index contributed by atoms with van der Waals surface area (Å²) >= 11 is 0. The number of hydrogen-bond acceptors (Lipinski definition) is 10. The molecule has 4 rings (SSSR count). The first kappa shape index (κ1) is 23.1. The number of benzene rings is 2. The summed E-state index contributed by atoms with van der Waals surface area (Å²) in [5.74, 6) is 0.898. The third-order valence-electron chi connectivity index (χ3n) is 5.27. The van der Waals surface area contributed by atoms with Crippen LogP contribution in [0.4, 0.5) is 23.5 Å². The summed E-state index contributed by atoms with van der Waals surface area (Å²) in [6, 6.07) is 13.1. The molecule has 34 heavy (non-hydrogen) atoms. The number of esters is 1. The second-order valence-electron chi connectivity index (χ2n) is 7.81. The lowest BCUT2D eigenvalue weighted by atomic mass is 10.1. The molecule has 0 unspecified atom stereocenters. The largest absolute Gasteiger partial charge is 0.465 e. The Morgan fingerprint density at radius 2 is 1.79 bits per heavy atom. The normalized spacial score (nSPS) is 13.7. The van der Waals surface area contributed by atoms with Crippen molar-refractivity contribution in [3.05, 3.63) is 64.7 Å². The molecular formula is C24H27N7O3. The molecule has 1 aliphatic rings. The maximum atomic E-state index is 11.6. The molecule has 0 aliphatic carbocycles. The van der Waals surface area contributed by atoms with Gasteiger partial charge in [0.15, 0.2) is 0 Å². The number of nitrogens with one attached hydrogen (secondary N) is 2. The van der Waals surface area contributed by atoms with Crippen LogP contribution in [0.2, 0.25) is 0 Å². The first-order valence-corrected chi connectivity index (χ1v) is 10.9. The Morgan fingerprint density at radius 1 is 1.06 bits per heavy atom. The molecule has 0 spiro atoms. The minimum atomic E-state index is -0.383. The fourth-order valence-corrected chi connectivity index (χ4v) is 3.35. The number of aryl methyl sites for hydroxylation is 2. The molecule has 3 aromatic rings. The summed E-state index contributed by atoms with van der Waals surface area (Å²) < 4.78 is 10.2. The van der Waals surface area contributed by atoms with Crippen molar-refractivity contribution in [1.29, 1.82) is 0 Å². The van der Waals surface area contributed by atoms with E-state index < -0.39 is 0 Å². The van der Waals surface area contributed by atoms with Crippen molar-refractivity contribution in [3.8, 4) is 0 Å². The highest BCUT2D eigenvalue weighted by Gasteiger charge is 2.17. The van der Waals surface area contributed by atoms with Gasteiger partial charge in [-0.25, -0.2) is 10.2 Å². The molecule has 1 aromatic heterocycles. The summed E-state index contributed by atoms with van der Waals surface area (Å²) in [7, 11) is 1.35. The first-order chi connectivity index (χ1) is 16.5. The highest BCUT2D eigenvalue weighted by atomic mass is 16.5. The van der Waals surface area contributed by atoms with E-state index in [4.69, 9.17) is 9.47 Å². The lowest BCUT2D eigenvalue weighted by Crippen LogP contribution is -2.37. The number of ether oxygens (including phenoxy) is 2. The van der Waals surface area contributed by atoms with E-state index in [9.17, 15) is 4.79 Å². The molecular weight excluding hydrogens is 434 g/mol. The number of methoxy groups -OCH3 is 1. The lowest BCUT2D eigenvalue weighted by molar-refractivity contribution is 0.0600. The van der Waals surface area contributed by atoms with Crippen molar-refractivity contribution in [2.75, 3.05) is 49.1 Å². The van der Waals surface area contributed by atoms with Crippen LogP contribution in [0.5, 0.6) is 0 Å². The minimum Gasteiger partial charge on any atom is -0.465 e. The SMILES string of the molecule is COC(=O)c1ccc(/C=N/Nc2nc(Nc3cc(C)ccc3C)nc(N3CCOCC3)n2)cc1. The molecule has 0 bridgehead atoms. The molecule has 0 atom stereocenters. The molecule has 2 heterocycles. The number of hydrogen-bond donors (Lipinski definition) is 2. The number of anilines is 4. The van der Waals surface area contributed by atoms with E-state index in [1.807, 2.05) is 13.8 Å². The summed E-state index contributed by atoms with van der Waals surface area (Å²) in [6.07, 6.45) is 1.62. The van der Waals surface area contributed by atoms with Crippen molar-refractivity contribution >= 4 is 35.7 Å². The summed E-state index contributed by atoms with van der Waals surface area (Å²) in [4.78, 5) is 27.3. The molecule has 10 nitrogen and oxygen atoms in total. The van der Waals surface area contributed by atoms with Crippen molar-refractivity contribution in [1.82, 2.24) is 15.0 Å². The average Bonchev–Trinajstić information content (AvgIpc) is 2.86. The van der Waals surface area contributed by atoms with Crippen molar-refractivity contribution in [2.24, 2.45) is 5.10 Å². The first-order valence-electron chi connectivity index (χ1n) is 10.9. The van der Waals surface area contributed by atoms with Gasteiger partial charge in [0.2, 0.25) is 17.8 Å². The molecule has 1 saturated heterocycles. The van der Waals surface area contributed by atoms with E-state index in [1.54, 1.807) is 30.5 Å². The zero-order chi connectivity index (χ0) is 23.9. The predicted molar refractivity (Wildman–Crippen MR) is 131 cm³/mol. The Balaban J connectivity index is 1.55. The fourth-order valence-electron chi connectivity index (χ4n) is 3.35. The standard InChI is InChI=1S/C24H27N7O3/c1-16-4-5-17(2)20(14-16)26-22-27-23(29-24(28-22)31-10-12-34-13-11-31)30-25-15-18-6-8-19(9-7-18)21(32)33-3/h4-9,14-15H,10-13H2,1-3H3,(H2,26,27,28,29,30)/b25-15+. The van der Waals surface area contributed by atoms with Gasteiger partial charge in [-0.2, -0.15) is 20.1 Å². The zero-order valence-corrected chi connectivity index (χ0v) is 19.4. The highest BCUT2D eigenvalue weighted by molar-refractivity contribution is 5.90. The lowest BCUT2D eigenvalue weighted by Gasteiger charge is -2.27. The molecule has 1 fully saturated rings. The number of hydrazone groups is 1. The maximum absolute atomic E-state index is 11.6. The third-order valence-corrected chi connectivity index (χ3v) is 5.27. The second kappa shape index (κ2) is 10.7. The van der Waals surface area contributed by atoms with Crippen LogP contribution >= 0.6 is 0 Å². The number of aromatic nitrogens is 3. The van der Waals surface area contributed by atoms with E-state index in [0.29, 0.717) is 49.7 Å². The molecule has 2 aromatic carbocycles. The fraction of sp³-hybridized carbons (Fsp3) is 0.292. The van der Waals surface area contributed by atoms with Crippen LogP contribution in [0.25, 0.3) is 0 Å². The van der Waals surface area contributed by atoms with E-state index in [2.05, 4.69) is 53.9 Å². The van der Waals surface area contributed by atoms with Crippen molar-refractivity contribution < 1.29 is 14.3 Å². The third kappa shape index (κ3) is 5.84. The predicted octanol–water partition coefficient (Wildman–Crippen LogP) is 3.30. The number of carbonyl (C=O) groups is 1. The molecule has 0 radical (unpaired) electrons. The average molecular weight is 462 g/mol. The van der Waals surface area contributed by atoms with Gasteiger partial charge in [-0.1, -0.05) is 24.3 Å². The Hall–Kier alpha value is -4.05.